The molecule has 3 rings (SSSR count). The zero-order chi connectivity index (χ0) is 21.2. The molecule has 0 saturated carbocycles. The Morgan fingerprint density at radius 1 is 1.21 bits per heavy atom. The average molecular weight is 399 g/mol. The predicted molar refractivity (Wildman–Crippen MR) is 115 cm³/mol. The second-order valence-electron chi connectivity index (χ2n) is 8.95. The standard InChI is InChI=1S/C25H34O4/c1-16(2)7-6-8-17(3)9-21-10-18(4)13-25(28-21)14-20(15-26)22-12-23(27)19(5)11-24(22)29-25/h7,9,11,13-14,21-22,24,26H,6,8,10,12,15H2,1-5H3/b17-9+/t21-,22-,24-,25+/m0/s1. The maximum Gasteiger partial charge on any atom is 0.209 e. The predicted octanol–water partition coefficient (Wildman–Crippen LogP) is 4.96. The molecule has 0 aromatic rings. The van der Waals surface area contributed by atoms with Gasteiger partial charge in [0.1, 0.15) is 0 Å². The third-order valence-corrected chi connectivity index (χ3v) is 5.89. The summed E-state index contributed by atoms with van der Waals surface area (Å²) < 4.78 is 12.8. The highest BCUT2D eigenvalue weighted by molar-refractivity contribution is 5.96. The Bertz CT molecular complexity index is 807. The van der Waals surface area contributed by atoms with E-state index < -0.39 is 5.79 Å². The lowest BCUT2D eigenvalue weighted by Crippen LogP contribution is -2.49. The Hall–Kier alpha value is -1.75. The van der Waals surface area contributed by atoms with E-state index in [4.69, 9.17) is 9.47 Å². The van der Waals surface area contributed by atoms with E-state index in [0.29, 0.717) is 6.42 Å². The number of ketones is 1. The Balaban J connectivity index is 1.83. The van der Waals surface area contributed by atoms with Crippen molar-refractivity contribution < 1.29 is 19.4 Å². The molecule has 2 aliphatic heterocycles. The number of ether oxygens (including phenoxy) is 2. The van der Waals surface area contributed by atoms with E-state index in [2.05, 4.69) is 39.8 Å². The minimum absolute atomic E-state index is 0.0743. The highest BCUT2D eigenvalue weighted by atomic mass is 16.7. The number of aliphatic hydroxyl groups is 1. The number of carbonyl (C=O) groups is 1. The van der Waals surface area contributed by atoms with Crippen LogP contribution in [0, 0.1) is 5.92 Å². The van der Waals surface area contributed by atoms with Crippen molar-refractivity contribution in [1.29, 1.82) is 0 Å². The fraction of sp³-hybridized carbons (Fsp3) is 0.560. The molecule has 0 fully saturated rings. The molecule has 4 nitrogen and oxygen atoms in total. The van der Waals surface area contributed by atoms with Gasteiger partial charge in [0.15, 0.2) is 5.78 Å². The van der Waals surface area contributed by atoms with Crippen molar-refractivity contribution in [2.45, 2.75) is 78.3 Å². The highest BCUT2D eigenvalue weighted by Crippen LogP contribution is 2.42. The second kappa shape index (κ2) is 8.95. The Kier molecular flexibility index (Phi) is 6.77. The summed E-state index contributed by atoms with van der Waals surface area (Å²) in [5.74, 6) is -0.977. The van der Waals surface area contributed by atoms with E-state index in [9.17, 15) is 9.90 Å². The summed E-state index contributed by atoms with van der Waals surface area (Å²) in [7, 11) is 0. The topological polar surface area (TPSA) is 55.8 Å². The molecule has 0 aromatic carbocycles. The maximum atomic E-state index is 12.1. The van der Waals surface area contributed by atoms with Gasteiger partial charge in [-0.2, -0.15) is 0 Å². The molecule has 3 aliphatic rings. The summed E-state index contributed by atoms with van der Waals surface area (Å²) in [6, 6.07) is 0. The van der Waals surface area contributed by atoms with Gasteiger partial charge in [0.05, 0.1) is 18.8 Å². The summed E-state index contributed by atoms with van der Waals surface area (Å²) in [6.45, 7) is 10.2. The number of fused-ring (bicyclic) bond motifs is 1. The van der Waals surface area contributed by atoms with E-state index in [1.807, 2.05) is 25.2 Å². The van der Waals surface area contributed by atoms with Crippen LogP contribution in [0.2, 0.25) is 0 Å². The largest absolute Gasteiger partial charge is 0.392 e. The lowest BCUT2D eigenvalue weighted by atomic mass is 9.79. The first-order valence-corrected chi connectivity index (χ1v) is 10.6. The normalized spacial score (nSPS) is 32.3. The molecule has 158 valence electrons. The van der Waals surface area contributed by atoms with Gasteiger partial charge < -0.3 is 14.6 Å². The van der Waals surface area contributed by atoms with Gasteiger partial charge in [-0.1, -0.05) is 28.9 Å². The molecule has 0 amide bonds. The van der Waals surface area contributed by atoms with E-state index in [-0.39, 0.29) is 30.5 Å². The van der Waals surface area contributed by atoms with Crippen LogP contribution in [0.5, 0.6) is 0 Å². The van der Waals surface area contributed by atoms with Crippen LogP contribution in [-0.4, -0.2) is 35.5 Å². The molecule has 4 heteroatoms. The molecular formula is C25H34O4. The molecule has 0 saturated heterocycles. The first-order valence-electron chi connectivity index (χ1n) is 10.6. The number of allylic oxidation sites excluding steroid dienone is 4. The number of hydrogen-bond donors (Lipinski definition) is 1. The van der Waals surface area contributed by atoms with E-state index in [0.717, 1.165) is 30.4 Å². The lowest BCUT2D eigenvalue weighted by Gasteiger charge is -2.45. The van der Waals surface area contributed by atoms with Gasteiger partial charge in [-0.3, -0.25) is 4.79 Å². The molecule has 2 heterocycles. The van der Waals surface area contributed by atoms with Gasteiger partial charge in [0.2, 0.25) is 5.79 Å². The first-order chi connectivity index (χ1) is 13.7. The molecule has 1 aliphatic carbocycles. The summed E-state index contributed by atoms with van der Waals surface area (Å²) in [6.07, 6.45) is 13.2. The van der Waals surface area contributed by atoms with Crippen molar-refractivity contribution >= 4 is 5.78 Å². The van der Waals surface area contributed by atoms with E-state index in [1.54, 1.807) is 0 Å². The number of rotatable bonds is 5. The second-order valence-corrected chi connectivity index (χ2v) is 8.95. The van der Waals surface area contributed by atoms with E-state index >= 15 is 0 Å². The van der Waals surface area contributed by atoms with Crippen LogP contribution >= 0.6 is 0 Å². The van der Waals surface area contributed by atoms with Crippen molar-refractivity contribution in [2.75, 3.05) is 6.61 Å². The first kappa shape index (κ1) is 21.9. The van der Waals surface area contributed by atoms with Gasteiger partial charge in [0, 0.05) is 12.3 Å². The number of Topliss-reactive ketones (excluding diaryl/α,β-unsaturated/α-hetero) is 1. The van der Waals surface area contributed by atoms with Crippen LogP contribution in [-0.2, 0) is 14.3 Å². The number of carbonyl (C=O) groups excluding carboxylic acids is 1. The highest BCUT2D eigenvalue weighted by Gasteiger charge is 2.45. The SMILES string of the molecule is CC(C)=CCC/C(C)=C/[C@H]1CC(C)=C[C@@]2(C=C(CO)[C@@H]3CC(=O)C(C)=C[C@@H]3O2)O1. The van der Waals surface area contributed by atoms with Crippen LogP contribution in [0.3, 0.4) is 0 Å². The molecule has 0 bridgehead atoms. The molecular weight excluding hydrogens is 364 g/mol. The van der Waals surface area contributed by atoms with Gasteiger partial charge in [-0.25, -0.2) is 0 Å². The molecule has 1 N–H and O–H groups in total. The monoisotopic (exact) mass is 398 g/mol. The Morgan fingerprint density at radius 3 is 2.66 bits per heavy atom. The molecule has 0 radical (unpaired) electrons. The minimum Gasteiger partial charge on any atom is -0.392 e. The summed E-state index contributed by atoms with van der Waals surface area (Å²) >= 11 is 0. The van der Waals surface area contributed by atoms with Crippen LogP contribution in [0.25, 0.3) is 0 Å². The van der Waals surface area contributed by atoms with Crippen molar-refractivity contribution in [1.82, 2.24) is 0 Å². The Morgan fingerprint density at radius 2 is 1.97 bits per heavy atom. The van der Waals surface area contributed by atoms with Crippen LogP contribution < -0.4 is 0 Å². The zero-order valence-corrected chi connectivity index (χ0v) is 18.3. The molecule has 29 heavy (non-hydrogen) atoms. The minimum atomic E-state index is -0.986. The molecule has 0 unspecified atom stereocenters. The van der Waals surface area contributed by atoms with Crippen LogP contribution in [0.4, 0.5) is 0 Å². The number of hydrogen-bond acceptors (Lipinski definition) is 4. The van der Waals surface area contributed by atoms with Crippen molar-refractivity contribution in [3.8, 4) is 0 Å². The quantitative estimate of drug-likeness (QED) is 0.665. The van der Waals surface area contributed by atoms with Crippen LogP contribution in [0.1, 0.15) is 60.3 Å². The third kappa shape index (κ3) is 5.25. The van der Waals surface area contributed by atoms with Gasteiger partial charge >= 0.3 is 0 Å². The van der Waals surface area contributed by atoms with Crippen molar-refractivity contribution in [2.24, 2.45) is 5.92 Å². The third-order valence-electron chi connectivity index (χ3n) is 5.89. The molecule has 1 spiro atoms. The molecule has 4 atom stereocenters. The summed E-state index contributed by atoms with van der Waals surface area (Å²) in [4.78, 5) is 12.1. The number of aliphatic hydroxyl groups excluding tert-OH is 1. The van der Waals surface area contributed by atoms with Gasteiger partial charge in [-0.05, 0) is 83.3 Å². The smallest absolute Gasteiger partial charge is 0.209 e. The van der Waals surface area contributed by atoms with Crippen molar-refractivity contribution in [3.63, 3.8) is 0 Å². The fourth-order valence-electron chi connectivity index (χ4n) is 4.42. The average Bonchev–Trinajstić information content (AvgIpc) is 2.61. The van der Waals surface area contributed by atoms with Gasteiger partial charge in [0.25, 0.3) is 0 Å². The van der Waals surface area contributed by atoms with Crippen molar-refractivity contribution in [3.05, 3.63) is 58.2 Å². The van der Waals surface area contributed by atoms with Crippen LogP contribution in [0.15, 0.2) is 58.2 Å². The lowest BCUT2D eigenvalue weighted by molar-refractivity contribution is -0.224. The molecule has 0 aromatic heterocycles. The zero-order valence-electron chi connectivity index (χ0n) is 18.3. The van der Waals surface area contributed by atoms with Gasteiger partial charge in [-0.15, -0.1) is 0 Å². The Labute approximate surface area is 174 Å². The fourth-order valence-corrected chi connectivity index (χ4v) is 4.42. The summed E-state index contributed by atoms with van der Waals surface area (Å²) in [5.41, 5.74) is 5.40. The summed E-state index contributed by atoms with van der Waals surface area (Å²) in [5, 5.41) is 9.97. The maximum absolute atomic E-state index is 12.1. The van der Waals surface area contributed by atoms with E-state index in [1.165, 1.54) is 16.7 Å².